The summed E-state index contributed by atoms with van der Waals surface area (Å²) in [5.41, 5.74) is 0.683. The van der Waals surface area contributed by atoms with Crippen LogP contribution < -0.4 is 20.1 Å². The number of anilines is 2. The highest BCUT2D eigenvalue weighted by atomic mass is 35.5. The van der Waals surface area contributed by atoms with E-state index in [0.717, 1.165) is 10.5 Å². The number of fused-ring (bicyclic) bond motifs is 1. The molecule has 42 heavy (non-hydrogen) atoms. The summed E-state index contributed by atoms with van der Waals surface area (Å²) in [4.78, 5) is 39.0. The van der Waals surface area contributed by atoms with Crippen molar-refractivity contribution >= 4 is 87.3 Å². The highest BCUT2D eigenvalue weighted by Gasteiger charge is 2.29. The Morgan fingerprint density at radius 3 is 2.02 bits per heavy atom. The Bertz CT molecular complexity index is 1700. The molecule has 5 rings (SSSR count). The zero-order valence-corrected chi connectivity index (χ0v) is 25.0. The van der Waals surface area contributed by atoms with Gasteiger partial charge in [0, 0.05) is 22.3 Å². The lowest BCUT2D eigenvalue weighted by molar-refractivity contribution is -0.115. The van der Waals surface area contributed by atoms with E-state index in [-0.39, 0.29) is 27.8 Å². The predicted octanol–water partition coefficient (Wildman–Crippen LogP) is 8.45. The molecule has 0 saturated heterocycles. The molecule has 2 amide bonds. The summed E-state index contributed by atoms with van der Waals surface area (Å²) < 4.78 is 10.7. The van der Waals surface area contributed by atoms with Crippen molar-refractivity contribution in [1.82, 2.24) is 0 Å². The number of aromatic carboxylic acids is 1. The lowest BCUT2D eigenvalue weighted by Gasteiger charge is -2.18. The molecule has 4 aromatic carbocycles. The molecule has 1 atom stereocenters. The first-order valence-corrected chi connectivity index (χ1v) is 14.5. The normalized spacial score (nSPS) is 12.5. The smallest absolute Gasteiger partial charge is 0.338 e. The molecule has 0 spiro atoms. The highest BCUT2D eigenvalue weighted by molar-refractivity contribution is 8.00. The van der Waals surface area contributed by atoms with E-state index in [1.165, 1.54) is 11.8 Å². The SMILES string of the molecule is O=C(O)c1c(Cl)c(Cl)c(Cl)c(Cl)c1C(=O)Nc1ccc(SC(C(=O)Nc2ccc3c(c2)OCO3)c2ccccc2)cc1. The van der Waals surface area contributed by atoms with Gasteiger partial charge in [0.05, 0.1) is 31.2 Å². The quantitative estimate of drug-likeness (QED) is 0.0984. The van der Waals surface area contributed by atoms with Gasteiger partial charge in [0.2, 0.25) is 12.7 Å². The number of nitrogens with one attached hydrogen (secondary N) is 2. The Morgan fingerprint density at radius 1 is 0.738 bits per heavy atom. The molecule has 3 N–H and O–H groups in total. The van der Waals surface area contributed by atoms with Gasteiger partial charge in [-0.2, -0.15) is 0 Å². The second kappa shape index (κ2) is 12.7. The van der Waals surface area contributed by atoms with Gasteiger partial charge in [-0.15, -0.1) is 11.8 Å². The van der Waals surface area contributed by atoms with Gasteiger partial charge in [0.1, 0.15) is 5.25 Å². The number of carboxylic acids is 1. The second-order valence-electron chi connectivity index (χ2n) is 8.76. The predicted molar refractivity (Wildman–Crippen MR) is 164 cm³/mol. The molecule has 0 fully saturated rings. The van der Waals surface area contributed by atoms with Crippen molar-refractivity contribution in [1.29, 1.82) is 0 Å². The summed E-state index contributed by atoms with van der Waals surface area (Å²) in [6.07, 6.45) is 0. The Morgan fingerprint density at radius 2 is 1.36 bits per heavy atom. The van der Waals surface area contributed by atoms with Crippen molar-refractivity contribution < 1.29 is 29.0 Å². The van der Waals surface area contributed by atoms with Crippen molar-refractivity contribution in [2.45, 2.75) is 10.1 Å². The Balaban J connectivity index is 1.35. The maximum atomic E-state index is 13.4. The molecular weight excluding hydrogens is 646 g/mol. The lowest BCUT2D eigenvalue weighted by Crippen LogP contribution is -2.19. The van der Waals surface area contributed by atoms with E-state index in [9.17, 15) is 19.5 Å². The van der Waals surface area contributed by atoms with Crippen LogP contribution in [0.3, 0.4) is 0 Å². The molecule has 8 nitrogen and oxygen atoms in total. The van der Waals surface area contributed by atoms with Crippen LogP contribution in [0.25, 0.3) is 0 Å². The first kappa shape index (κ1) is 29.9. The van der Waals surface area contributed by atoms with Gasteiger partial charge in [0.15, 0.2) is 11.5 Å². The van der Waals surface area contributed by atoms with Crippen LogP contribution in [0.5, 0.6) is 11.5 Å². The van der Waals surface area contributed by atoms with Crippen molar-refractivity contribution in [3.8, 4) is 11.5 Å². The van der Waals surface area contributed by atoms with Gasteiger partial charge in [-0.05, 0) is 42.0 Å². The number of ether oxygens (including phenoxy) is 2. The summed E-state index contributed by atoms with van der Waals surface area (Å²) >= 11 is 25.6. The molecule has 214 valence electrons. The zero-order chi connectivity index (χ0) is 30.0. The van der Waals surface area contributed by atoms with E-state index in [1.807, 2.05) is 30.3 Å². The highest BCUT2D eigenvalue weighted by Crippen LogP contribution is 2.42. The molecule has 0 saturated carbocycles. The lowest BCUT2D eigenvalue weighted by atomic mass is 10.1. The number of benzene rings is 4. The maximum Gasteiger partial charge on any atom is 0.338 e. The molecule has 1 aliphatic heterocycles. The Kier molecular flexibility index (Phi) is 9.05. The molecular formula is C29H18Cl4N2O6S. The number of halogens is 4. The van der Waals surface area contributed by atoms with Gasteiger partial charge in [-0.25, -0.2) is 4.79 Å². The molecule has 1 unspecified atom stereocenters. The van der Waals surface area contributed by atoms with E-state index in [0.29, 0.717) is 22.9 Å². The number of rotatable bonds is 8. The average Bonchev–Trinajstić information content (AvgIpc) is 3.45. The molecule has 0 aromatic heterocycles. The van der Waals surface area contributed by atoms with E-state index in [4.69, 9.17) is 55.9 Å². The fourth-order valence-corrected chi connectivity index (χ4v) is 6.12. The minimum atomic E-state index is -1.50. The van der Waals surface area contributed by atoms with Gasteiger partial charge in [-0.3, -0.25) is 9.59 Å². The standard InChI is InChI=1S/C29H18Cl4N2O6S/c30-22-20(21(29(38)39)23(31)25(33)24(22)32)27(36)34-15-6-9-17(10-7-15)42-26(14-4-2-1-3-5-14)28(37)35-16-8-11-18-19(12-16)41-13-40-18/h1-12,26H,13H2,(H,34,36)(H,35,37)(H,38,39). The molecule has 1 heterocycles. The number of carbonyl (C=O) groups is 3. The average molecular weight is 664 g/mol. The summed E-state index contributed by atoms with van der Waals surface area (Å²) in [5, 5.41) is 13.3. The van der Waals surface area contributed by atoms with Crippen molar-refractivity contribution in [3.63, 3.8) is 0 Å². The monoisotopic (exact) mass is 662 g/mol. The van der Waals surface area contributed by atoms with Crippen LogP contribution in [0.15, 0.2) is 77.7 Å². The van der Waals surface area contributed by atoms with Crippen LogP contribution in [0.2, 0.25) is 20.1 Å². The number of amides is 2. The molecule has 4 aromatic rings. The number of thioether (sulfide) groups is 1. The summed E-state index contributed by atoms with van der Waals surface area (Å²) in [6.45, 7) is 0.126. The van der Waals surface area contributed by atoms with Gasteiger partial charge >= 0.3 is 5.97 Å². The third-order valence-electron chi connectivity index (χ3n) is 6.05. The zero-order valence-electron chi connectivity index (χ0n) is 21.1. The van der Waals surface area contributed by atoms with Crippen LogP contribution in [0, 0.1) is 0 Å². The first-order valence-electron chi connectivity index (χ1n) is 12.1. The van der Waals surface area contributed by atoms with E-state index < -0.39 is 33.3 Å². The molecule has 0 aliphatic carbocycles. The van der Waals surface area contributed by atoms with Crippen molar-refractivity contribution in [2.75, 3.05) is 17.4 Å². The summed E-state index contributed by atoms with van der Waals surface area (Å²) in [6, 6.07) is 21.1. The van der Waals surface area contributed by atoms with Crippen LogP contribution in [-0.2, 0) is 4.79 Å². The number of hydrogen-bond donors (Lipinski definition) is 3. The Hall–Kier alpha value is -3.60. The first-order chi connectivity index (χ1) is 20.1. The van der Waals surface area contributed by atoms with Crippen LogP contribution in [0.1, 0.15) is 31.5 Å². The molecule has 13 heteroatoms. The van der Waals surface area contributed by atoms with Crippen LogP contribution >= 0.6 is 58.2 Å². The third kappa shape index (κ3) is 6.25. The molecule has 0 bridgehead atoms. The summed E-state index contributed by atoms with van der Waals surface area (Å²) in [5.74, 6) is -1.44. The van der Waals surface area contributed by atoms with Gasteiger partial charge in [0.25, 0.3) is 5.91 Å². The molecule has 1 aliphatic rings. The maximum absolute atomic E-state index is 13.4. The summed E-state index contributed by atoms with van der Waals surface area (Å²) in [7, 11) is 0. The van der Waals surface area contributed by atoms with E-state index in [2.05, 4.69) is 10.6 Å². The number of carbonyl (C=O) groups excluding carboxylic acids is 2. The topological polar surface area (TPSA) is 114 Å². The van der Waals surface area contributed by atoms with Crippen LogP contribution in [0.4, 0.5) is 11.4 Å². The fourth-order valence-electron chi connectivity index (χ4n) is 4.08. The third-order valence-corrected chi connectivity index (χ3v) is 9.12. The van der Waals surface area contributed by atoms with E-state index in [1.54, 1.807) is 42.5 Å². The van der Waals surface area contributed by atoms with E-state index >= 15 is 0 Å². The molecule has 0 radical (unpaired) electrons. The van der Waals surface area contributed by atoms with Gasteiger partial charge in [-0.1, -0.05) is 76.7 Å². The minimum Gasteiger partial charge on any atom is -0.478 e. The fraction of sp³-hybridized carbons (Fsp3) is 0.0690. The largest absolute Gasteiger partial charge is 0.478 e. The number of carboxylic acid groups (broad SMARTS) is 1. The van der Waals surface area contributed by atoms with Crippen molar-refractivity contribution in [3.05, 3.63) is 110 Å². The Labute approximate surface area is 263 Å². The minimum absolute atomic E-state index is 0.126. The van der Waals surface area contributed by atoms with Crippen molar-refractivity contribution in [2.24, 2.45) is 0 Å². The number of hydrogen-bond acceptors (Lipinski definition) is 6. The van der Waals surface area contributed by atoms with Crippen LogP contribution in [-0.4, -0.2) is 29.7 Å². The van der Waals surface area contributed by atoms with Gasteiger partial charge < -0.3 is 25.2 Å². The second-order valence-corrected chi connectivity index (χ2v) is 11.4.